The van der Waals surface area contributed by atoms with Gasteiger partial charge in [-0.3, -0.25) is 9.59 Å². The number of hydrogen-bond acceptors (Lipinski definition) is 3. The molecule has 2 saturated heterocycles. The van der Waals surface area contributed by atoms with Crippen LogP contribution >= 0.6 is 0 Å². The average Bonchev–Trinajstić information content (AvgIpc) is 2.92. The molecule has 2 aliphatic rings. The van der Waals surface area contributed by atoms with Crippen molar-refractivity contribution < 1.29 is 9.59 Å². The molecule has 2 atom stereocenters. The first-order valence-electron chi connectivity index (χ1n) is 8.37. The smallest absolute Gasteiger partial charge is 0.228 e. The first-order chi connectivity index (χ1) is 11.0. The lowest BCUT2D eigenvalue weighted by Crippen LogP contribution is -2.54. The van der Waals surface area contributed by atoms with Gasteiger partial charge in [0.15, 0.2) is 0 Å². The minimum atomic E-state index is -0.219. The van der Waals surface area contributed by atoms with Gasteiger partial charge in [-0.15, -0.1) is 0 Å². The average molecular weight is 315 g/mol. The number of amides is 2. The number of rotatable bonds is 2. The van der Waals surface area contributed by atoms with E-state index < -0.39 is 0 Å². The zero-order valence-electron chi connectivity index (χ0n) is 14.1. The summed E-state index contributed by atoms with van der Waals surface area (Å²) in [6, 6.07) is 6.18. The van der Waals surface area contributed by atoms with Gasteiger partial charge in [-0.2, -0.15) is 0 Å². The van der Waals surface area contributed by atoms with E-state index in [0.29, 0.717) is 13.0 Å². The number of aryl methyl sites for hydroxylation is 1. The summed E-state index contributed by atoms with van der Waals surface area (Å²) >= 11 is 0. The van der Waals surface area contributed by atoms with Crippen molar-refractivity contribution in [3.63, 3.8) is 0 Å². The SMILES string of the molecule is Cc1cccc(N2CC(C(=O)N3CCNCC3C)CC2=O)c1C. The summed E-state index contributed by atoms with van der Waals surface area (Å²) in [4.78, 5) is 29.0. The predicted octanol–water partition coefficient (Wildman–Crippen LogP) is 1.48. The van der Waals surface area contributed by atoms with Crippen LogP contribution < -0.4 is 10.2 Å². The molecule has 0 radical (unpaired) electrons. The van der Waals surface area contributed by atoms with Crippen LogP contribution in [-0.4, -0.2) is 48.9 Å². The molecule has 124 valence electrons. The highest BCUT2D eigenvalue weighted by molar-refractivity contribution is 6.01. The fourth-order valence-corrected chi connectivity index (χ4v) is 3.54. The Hall–Kier alpha value is -1.88. The molecule has 5 heteroatoms. The van der Waals surface area contributed by atoms with E-state index in [4.69, 9.17) is 0 Å². The molecule has 2 heterocycles. The maximum atomic E-state index is 12.8. The predicted molar refractivity (Wildman–Crippen MR) is 90.4 cm³/mol. The van der Waals surface area contributed by atoms with Crippen LogP contribution in [0.25, 0.3) is 0 Å². The zero-order chi connectivity index (χ0) is 16.6. The fourth-order valence-electron chi connectivity index (χ4n) is 3.54. The van der Waals surface area contributed by atoms with E-state index in [2.05, 4.69) is 12.2 Å². The van der Waals surface area contributed by atoms with E-state index in [1.54, 1.807) is 4.90 Å². The lowest BCUT2D eigenvalue weighted by atomic mass is 10.0. The van der Waals surface area contributed by atoms with E-state index in [1.807, 2.05) is 36.9 Å². The van der Waals surface area contributed by atoms with Crippen LogP contribution in [-0.2, 0) is 9.59 Å². The van der Waals surface area contributed by atoms with Crippen molar-refractivity contribution in [2.45, 2.75) is 33.2 Å². The standard InChI is InChI=1S/C18H25N3O2/c1-12-5-4-6-16(14(12)3)21-11-15(9-17(21)22)18(23)20-8-7-19-10-13(20)2/h4-6,13,15,19H,7-11H2,1-3H3. The highest BCUT2D eigenvalue weighted by Crippen LogP contribution is 2.30. The van der Waals surface area contributed by atoms with E-state index >= 15 is 0 Å². The molecule has 0 spiro atoms. The number of anilines is 1. The van der Waals surface area contributed by atoms with E-state index in [-0.39, 0.29) is 23.8 Å². The molecule has 1 N–H and O–H groups in total. The normalized spacial score (nSPS) is 25.1. The molecule has 0 saturated carbocycles. The van der Waals surface area contributed by atoms with Crippen LogP contribution in [0.3, 0.4) is 0 Å². The van der Waals surface area contributed by atoms with Gasteiger partial charge in [0.05, 0.1) is 5.92 Å². The summed E-state index contributed by atoms with van der Waals surface area (Å²) in [6.45, 7) is 9.02. The van der Waals surface area contributed by atoms with Crippen LogP contribution in [0, 0.1) is 19.8 Å². The summed E-state index contributed by atoms with van der Waals surface area (Å²) in [5.74, 6) is -0.0389. The van der Waals surface area contributed by atoms with Gasteiger partial charge < -0.3 is 15.1 Å². The van der Waals surface area contributed by atoms with Gasteiger partial charge in [-0.05, 0) is 38.0 Å². The summed E-state index contributed by atoms with van der Waals surface area (Å²) in [5, 5.41) is 3.30. The molecule has 0 aromatic heterocycles. The number of carbonyl (C=O) groups excluding carboxylic acids is 2. The van der Waals surface area contributed by atoms with Crippen molar-refractivity contribution in [2.24, 2.45) is 5.92 Å². The van der Waals surface area contributed by atoms with Crippen LogP contribution in [0.5, 0.6) is 0 Å². The molecule has 2 aliphatic heterocycles. The largest absolute Gasteiger partial charge is 0.337 e. The Balaban J connectivity index is 1.77. The Bertz CT molecular complexity index is 629. The summed E-state index contributed by atoms with van der Waals surface area (Å²) in [7, 11) is 0. The first-order valence-corrected chi connectivity index (χ1v) is 8.37. The quantitative estimate of drug-likeness (QED) is 0.899. The highest BCUT2D eigenvalue weighted by Gasteiger charge is 2.39. The van der Waals surface area contributed by atoms with Gasteiger partial charge in [-0.25, -0.2) is 0 Å². The molecule has 5 nitrogen and oxygen atoms in total. The molecule has 2 unspecified atom stereocenters. The number of benzene rings is 1. The number of nitrogens with one attached hydrogen (secondary N) is 1. The Labute approximate surface area is 137 Å². The molecule has 1 aromatic carbocycles. The maximum Gasteiger partial charge on any atom is 0.228 e. The topological polar surface area (TPSA) is 52.7 Å². The van der Waals surface area contributed by atoms with Crippen molar-refractivity contribution in [3.05, 3.63) is 29.3 Å². The molecule has 23 heavy (non-hydrogen) atoms. The van der Waals surface area contributed by atoms with E-state index in [9.17, 15) is 9.59 Å². The van der Waals surface area contributed by atoms with Crippen LogP contribution in [0.2, 0.25) is 0 Å². The third kappa shape index (κ3) is 2.98. The van der Waals surface area contributed by atoms with Crippen LogP contribution in [0.4, 0.5) is 5.69 Å². The molecule has 2 amide bonds. The van der Waals surface area contributed by atoms with Gasteiger partial charge in [-0.1, -0.05) is 12.1 Å². The minimum absolute atomic E-state index is 0.0554. The van der Waals surface area contributed by atoms with Crippen molar-refractivity contribution in [1.82, 2.24) is 10.2 Å². The monoisotopic (exact) mass is 315 g/mol. The summed E-state index contributed by atoms with van der Waals surface area (Å²) in [5.41, 5.74) is 3.23. The molecular weight excluding hydrogens is 290 g/mol. The van der Waals surface area contributed by atoms with Crippen molar-refractivity contribution in [1.29, 1.82) is 0 Å². The Morgan fingerprint density at radius 3 is 2.83 bits per heavy atom. The van der Waals surface area contributed by atoms with Gasteiger partial charge in [0.2, 0.25) is 11.8 Å². The molecule has 2 fully saturated rings. The molecule has 0 aliphatic carbocycles. The zero-order valence-corrected chi connectivity index (χ0v) is 14.1. The molecular formula is C18H25N3O2. The van der Waals surface area contributed by atoms with Gasteiger partial charge in [0, 0.05) is 44.3 Å². The molecule has 1 aromatic rings. The van der Waals surface area contributed by atoms with Gasteiger partial charge in [0.25, 0.3) is 0 Å². The third-order valence-corrected chi connectivity index (χ3v) is 5.13. The number of piperazine rings is 1. The van der Waals surface area contributed by atoms with E-state index in [0.717, 1.165) is 30.9 Å². The Kier molecular flexibility index (Phi) is 4.39. The Morgan fingerprint density at radius 2 is 2.09 bits per heavy atom. The van der Waals surface area contributed by atoms with Crippen molar-refractivity contribution in [3.8, 4) is 0 Å². The minimum Gasteiger partial charge on any atom is -0.337 e. The maximum absolute atomic E-state index is 12.8. The third-order valence-electron chi connectivity index (χ3n) is 5.13. The van der Waals surface area contributed by atoms with Crippen molar-refractivity contribution >= 4 is 17.5 Å². The Morgan fingerprint density at radius 1 is 1.30 bits per heavy atom. The summed E-state index contributed by atoms with van der Waals surface area (Å²) in [6.07, 6.45) is 0.322. The van der Waals surface area contributed by atoms with Crippen molar-refractivity contribution in [2.75, 3.05) is 31.1 Å². The van der Waals surface area contributed by atoms with Gasteiger partial charge in [0.1, 0.15) is 0 Å². The highest BCUT2D eigenvalue weighted by atomic mass is 16.2. The summed E-state index contributed by atoms with van der Waals surface area (Å²) < 4.78 is 0. The lowest BCUT2D eigenvalue weighted by molar-refractivity contribution is -0.138. The first kappa shape index (κ1) is 16.0. The van der Waals surface area contributed by atoms with E-state index in [1.165, 1.54) is 5.56 Å². The number of nitrogens with zero attached hydrogens (tertiary/aromatic N) is 2. The lowest BCUT2D eigenvalue weighted by Gasteiger charge is -2.35. The number of carbonyl (C=O) groups is 2. The van der Waals surface area contributed by atoms with Crippen LogP contribution in [0.15, 0.2) is 18.2 Å². The molecule has 3 rings (SSSR count). The second-order valence-electron chi connectivity index (χ2n) is 6.71. The number of hydrogen-bond donors (Lipinski definition) is 1. The second-order valence-corrected chi connectivity index (χ2v) is 6.71. The second kappa shape index (κ2) is 6.32. The molecule has 0 bridgehead atoms. The van der Waals surface area contributed by atoms with Gasteiger partial charge >= 0.3 is 0 Å². The fraction of sp³-hybridized carbons (Fsp3) is 0.556. The van der Waals surface area contributed by atoms with Crippen LogP contribution in [0.1, 0.15) is 24.5 Å².